The van der Waals surface area contributed by atoms with Gasteiger partial charge >= 0.3 is 0 Å². The van der Waals surface area contributed by atoms with Crippen molar-refractivity contribution in [1.82, 2.24) is 5.32 Å². The van der Waals surface area contributed by atoms with Crippen molar-refractivity contribution in [1.29, 1.82) is 0 Å². The normalized spacial score (nSPS) is 12.4. The van der Waals surface area contributed by atoms with Crippen molar-refractivity contribution in [3.05, 3.63) is 63.6 Å². The lowest BCUT2D eigenvalue weighted by atomic mass is 9.99. The summed E-state index contributed by atoms with van der Waals surface area (Å²) >= 11 is 14.0. The number of halogens is 2. The fraction of sp³-hybridized carbons (Fsp3) is 0.200. The summed E-state index contributed by atoms with van der Waals surface area (Å²) in [7, 11) is 1.93. The molecule has 0 spiro atoms. The van der Waals surface area contributed by atoms with Gasteiger partial charge in [0.1, 0.15) is 0 Å². The van der Waals surface area contributed by atoms with Gasteiger partial charge in [0, 0.05) is 14.9 Å². The topological polar surface area (TPSA) is 12.0 Å². The van der Waals surface area contributed by atoms with E-state index in [2.05, 4.69) is 35.8 Å². The molecule has 100 valence electrons. The maximum absolute atomic E-state index is 6.28. The van der Waals surface area contributed by atoms with E-state index in [0.29, 0.717) is 10.0 Å². The summed E-state index contributed by atoms with van der Waals surface area (Å²) in [6.45, 7) is 0. The Labute approximate surface area is 128 Å². The largest absolute Gasteiger partial charge is 0.309 e. The quantitative estimate of drug-likeness (QED) is 0.795. The first-order valence-corrected chi connectivity index (χ1v) is 7.90. The summed E-state index contributed by atoms with van der Waals surface area (Å²) in [6.07, 6.45) is 2.07. The molecule has 4 heteroatoms. The van der Waals surface area contributed by atoms with Crippen LogP contribution in [0.15, 0.2) is 47.4 Å². The van der Waals surface area contributed by atoms with Crippen LogP contribution in [0.5, 0.6) is 0 Å². The third kappa shape index (κ3) is 3.46. The van der Waals surface area contributed by atoms with Gasteiger partial charge in [-0.25, -0.2) is 0 Å². The molecule has 0 aliphatic heterocycles. The van der Waals surface area contributed by atoms with Crippen LogP contribution in [0.25, 0.3) is 0 Å². The van der Waals surface area contributed by atoms with Crippen LogP contribution in [0, 0.1) is 0 Å². The van der Waals surface area contributed by atoms with Gasteiger partial charge in [0.25, 0.3) is 0 Å². The second kappa shape index (κ2) is 6.67. The minimum Gasteiger partial charge on any atom is -0.309 e. The number of nitrogens with one attached hydrogen (secondary N) is 1. The molecular weight excluding hydrogens is 297 g/mol. The molecule has 0 bridgehead atoms. The maximum Gasteiger partial charge on any atom is 0.0589 e. The van der Waals surface area contributed by atoms with E-state index in [4.69, 9.17) is 23.2 Å². The minimum absolute atomic E-state index is 0.0701. The third-order valence-corrected chi connectivity index (χ3v) is 4.32. The highest BCUT2D eigenvalue weighted by atomic mass is 35.5. The third-order valence-electron chi connectivity index (χ3n) is 3.01. The molecule has 0 radical (unpaired) electrons. The zero-order chi connectivity index (χ0) is 13.8. The van der Waals surface area contributed by atoms with Gasteiger partial charge in [-0.05, 0) is 48.7 Å². The second-order valence-corrected chi connectivity index (χ2v) is 5.88. The Hall–Kier alpha value is -0.670. The lowest BCUT2D eigenvalue weighted by molar-refractivity contribution is 0.691. The van der Waals surface area contributed by atoms with Gasteiger partial charge < -0.3 is 5.32 Å². The molecule has 1 atom stereocenters. The Morgan fingerprint density at radius 2 is 1.74 bits per heavy atom. The van der Waals surface area contributed by atoms with Crippen LogP contribution in [0.1, 0.15) is 17.2 Å². The van der Waals surface area contributed by atoms with Gasteiger partial charge in [0.2, 0.25) is 0 Å². The summed E-state index contributed by atoms with van der Waals surface area (Å²) < 4.78 is 0. The first kappa shape index (κ1) is 14.7. The van der Waals surface area contributed by atoms with E-state index < -0.39 is 0 Å². The van der Waals surface area contributed by atoms with Crippen LogP contribution in [-0.2, 0) is 0 Å². The first-order valence-electron chi connectivity index (χ1n) is 5.92. The number of thioether (sulfide) groups is 1. The lowest BCUT2D eigenvalue weighted by Crippen LogP contribution is -2.18. The van der Waals surface area contributed by atoms with Gasteiger partial charge in [0.15, 0.2) is 0 Å². The molecule has 2 aromatic rings. The number of hydrogen-bond donors (Lipinski definition) is 1. The van der Waals surface area contributed by atoms with Crippen molar-refractivity contribution in [2.24, 2.45) is 0 Å². The van der Waals surface area contributed by atoms with E-state index in [-0.39, 0.29) is 6.04 Å². The van der Waals surface area contributed by atoms with Crippen molar-refractivity contribution in [2.75, 3.05) is 13.3 Å². The molecule has 2 aromatic carbocycles. The Bertz CT molecular complexity index is 555. The molecule has 2 rings (SSSR count). The molecule has 0 aliphatic rings. The van der Waals surface area contributed by atoms with E-state index in [1.807, 2.05) is 19.2 Å². The summed E-state index contributed by atoms with van der Waals surface area (Å²) in [6, 6.07) is 14.2. The Balaban J connectivity index is 2.37. The van der Waals surface area contributed by atoms with Crippen LogP contribution < -0.4 is 5.32 Å². The van der Waals surface area contributed by atoms with E-state index in [0.717, 1.165) is 5.56 Å². The van der Waals surface area contributed by atoms with E-state index in [1.165, 1.54) is 10.5 Å². The molecule has 0 saturated carbocycles. The van der Waals surface area contributed by atoms with Crippen LogP contribution in [-0.4, -0.2) is 13.3 Å². The van der Waals surface area contributed by atoms with Crippen LogP contribution in [0.3, 0.4) is 0 Å². The standard InChI is InChI=1S/C15H15Cl2NS/c1-18-15(10-3-6-12(19-2)7-4-10)13-8-5-11(16)9-14(13)17/h3-9,15,18H,1-2H3. The zero-order valence-corrected chi connectivity index (χ0v) is 13.1. The molecule has 19 heavy (non-hydrogen) atoms. The molecular formula is C15H15Cl2NS. The molecule has 1 nitrogen and oxygen atoms in total. The smallest absolute Gasteiger partial charge is 0.0589 e. The predicted octanol–water partition coefficient (Wildman–Crippen LogP) is 5.02. The molecule has 0 aliphatic carbocycles. The number of benzene rings is 2. The van der Waals surface area contributed by atoms with Gasteiger partial charge in [-0.2, -0.15) is 0 Å². The van der Waals surface area contributed by atoms with Crippen molar-refractivity contribution in [2.45, 2.75) is 10.9 Å². The average molecular weight is 312 g/mol. The monoisotopic (exact) mass is 311 g/mol. The fourth-order valence-corrected chi connectivity index (χ4v) is 2.96. The van der Waals surface area contributed by atoms with Crippen LogP contribution >= 0.6 is 35.0 Å². The summed E-state index contributed by atoms with van der Waals surface area (Å²) in [4.78, 5) is 1.25. The van der Waals surface area contributed by atoms with Crippen LogP contribution in [0.4, 0.5) is 0 Å². The Morgan fingerprint density at radius 3 is 2.26 bits per heavy atom. The van der Waals surface area contributed by atoms with Gasteiger partial charge in [0.05, 0.1) is 6.04 Å². The highest BCUT2D eigenvalue weighted by molar-refractivity contribution is 7.98. The Morgan fingerprint density at radius 1 is 1.05 bits per heavy atom. The summed E-state index contributed by atoms with van der Waals surface area (Å²) in [5, 5.41) is 4.63. The summed E-state index contributed by atoms with van der Waals surface area (Å²) in [5.41, 5.74) is 2.22. The van der Waals surface area contributed by atoms with Crippen molar-refractivity contribution >= 4 is 35.0 Å². The first-order chi connectivity index (χ1) is 9.15. The molecule has 0 amide bonds. The van der Waals surface area contributed by atoms with Crippen molar-refractivity contribution < 1.29 is 0 Å². The van der Waals surface area contributed by atoms with Crippen LogP contribution in [0.2, 0.25) is 10.0 Å². The van der Waals surface area contributed by atoms with Gasteiger partial charge in [-0.15, -0.1) is 11.8 Å². The SMILES string of the molecule is CNC(c1ccc(SC)cc1)c1ccc(Cl)cc1Cl. The molecule has 1 N–H and O–H groups in total. The number of rotatable bonds is 4. The predicted molar refractivity (Wildman–Crippen MR) is 85.6 cm³/mol. The zero-order valence-electron chi connectivity index (χ0n) is 10.8. The average Bonchev–Trinajstić information content (AvgIpc) is 2.42. The fourth-order valence-electron chi connectivity index (χ4n) is 2.03. The molecule has 0 saturated heterocycles. The second-order valence-electron chi connectivity index (χ2n) is 4.16. The minimum atomic E-state index is 0.0701. The lowest BCUT2D eigenvalue weighted by Gasteiger charge is -2.19. The van der Waals surface area contributed by atoms with E-state index in [1.54, 1.807) is 17.8 Å². The van der Waals surface area contributed by atoms with E-state index in [9.17, 15) is 0 Å². The van der Waals surface area contributed by atoms with E-state index >= 15 is 0 Å². The van der Waals surface area contributed by atoms with Crippen molar-refractivity contribution in [3.63, 3.8) is 0 Å². The molecule has 1 unspecified atom stereocenters. The van der Waals surface area contributed by atoms with Crippen molar-refractivity contribution in [3.8, 4) is 0 Å². The van der Waals surface area contributed by atoms with Gasteiger partial charge in [-0.1, -0.05) is 41.4 Å². The molecule has 0 heterocycles. The maximum atomic E-state index is 6.28. The number of hydrogen-bond acceptors (Lipinski definition) is 2. The highest BCUT2D eigenvalue weighted by Crippen LogP contribution is 2.31. The van der Waals surface area contributed by atoms with Gasteiger partial charge in [-0.3, -0.25) is 0 Å². The Kier molecular flexibility index (Phi) is 5.17. The summed E-state index contributed by atoms with van der Waals surface area (Å²) in [5.74, 6) is 0. The highest BCUT2D eigenvalue weighted by Gasteiger charge is 2.15. The molecule has 0 fully saturated rings. The molecule has 0 aromatic heterocycles.